The number of halogens is 2. The summed E-state index contributed by atoms with van der Waals surface area (Å²) in [5.41, 5.74) is 0.377. The number of nitrogens with two attached hydrogens (primary N) is 1. The van der Waals surface area contributed by atoms with E-state index in [2.05, 4.69) is 0 Å². The zero-order valence-corrected chi connectivity index (χ0v) is 8.43. The van der Waals surface area contributed by atoms with Crippen molar-refractivity contribution in [3.05, 3.63) is 33.8 Å². The summed E-state index contributed by atoms with van der Waals surface area (Å²) in [5.74, 6) is 4.94. The highest BCUT2D eigenvalue weighted by Crippen LogP contribution is 2.19. The van der Waals surface area contributed by atoms with Gasteiger partial charge in [0.2, 0.25) is 0 Å². The Balaban J connectivity index is 3.08. The minimum atomic E-state index is -0.329. The molecule has 70 valence electrons. The van der Waals surface area contributed by atoms with E-state index in [0.717, 1.165) is 5.01 Å². The summed E-state index contributed by atoms with van der Waals surface area (Å²) in [6, 6.07) is 4.58. The molecule has 0 fully saturated rings. The smallest absolute Gasteiger partial charge is 0.267 e. The van der Waals surface area contributed by atoms with E-state index in [1.165, 1.54) is 19.2 Å². The van der Waals surface area contributed by atoms with Crippen LogP contribution in [0.2, 0.25) is 10.0 Å². The van der Waals surface area contributed by atoms with Gasteiger partial charge >= 0.3 is 0 Å². The van der Waals surface area contributed by atoms with E-state index >= 15 is 0 Å². The van der Waals surface area contributed by atoms with E-state index < -0.39 is 0 Å². The van der Waals surface area contributed by atoms with Crippen LogP contribution in [0.25, 0.3) is 0 Å². The summed E-state index contributed by atoms with van der Waals surface area (Å²) in [4.78, 5) is 11.3. The molecule has 0 aromatic heterocycles. The van der Waals surface area contributed by atoms with Crippen LogP contribution in [0.4, 0.5) is 0 Å². The molecule has 1 aromatic carbocycles. The number of rotatable bonds is 1. The van der Waals surface area contributed by atoms with Gasteiger partial charge in [0.15, 0.2) is 0 Å². The minimum Gasteiger partial charge on any atom is -0.280 e. The molecule has 0 saturated carbocycles. The van der Waals surface area contributed by atoms with Crippen LogP contribution < -0.4 is 5.84 Å². The van der Waals surface area contributed by atoms with Crippen molar-refractivity contribution in [2.75, 3.05) is 7.05 Å². The predicted molar refractivity (Wildman–Crippen MR) is 52.7 cm³/mol. The first-order valence-corrected chi connectivity index (χ1v) is 4.25. The normalized spacial score (nSPS) is 9.85. The SMILES string of the molecule is CN(N)C(=O)c1cc(Cl)cc(Cl)c1. The van der Waals surface area contributed by atoms with Crippen LogP contribution >= 0.6 is 23.2 Å². The first-order valence-electron chi connectivity index (χ1n) is 3.49. The molecule has 1 aromatic rings. The van der Waals surface area contributed by atoms with Gasteiger partial charge in [0, 0.05) is 22.7 Å². The van der Waals surface area contributed by atoms with Gasteiger partial charge in [-0.05, 0) is 18.2 Å². The van der Waals surface area contributed by atoms with Crippen LogP contribution in [0, 0.1) is 0 Å². The fourth-order valence-electron chi connectivity index (χ4n) is 0.881. The number of amides is 1. The number of carbonyl (C=O) groups is 1. The molecule has 2 N–H and O–H groups in total. The van der Waals surface area contributed by atoms with E-state index in [9.17, 15) is 4.79 Å². The van der Waals surface area contributed by atoms with Crippen molar-refractivity contribution in [2.45, 2.75) is 0 Å². The van der Waals surface area contributed by atoms with Gasteiger partial charge < -0.3 is 0 Å². The van der Waals surface area contributed by atoms with Gasteiger partial charge in [0.1, 0.15) is 0 Å². The third-order valence-electron chi connectivity index (χ3n) is 1.43. The minimum absolute atomic E-state index is 0.329. The molecule has 0 unspecified atom stereocenters. The molecular weight excluding hydrogens is 211 g/mol. The molecule has 0 bridgehead atoms. The third kappa shape index (κ3) is 2.59. The van der Waals surface area contributed by atoms with Crippen LogP contribution in [-0.4, -0.2) is 18.0 Å². The van der Waals surface area contributed by atoms with E-state index in [4.69, 9.17) is 29.0 Å². The zero-order chi connectivity index (χ0) is 10.0. The largest absolute Gasteiger partial charge is 0.280 e. The van der Waals surface area contributed by atoms with Crippen molar-refractivity contribution in [3.63, 3.8) is 0 Å². The van der Waals surface area contributed by atoms with Crippen LogP contribution in [-0.2, 0) is 0 Å². The molecule has 0 atom stereocenters. The molecule has 3 nitrogen and oxygen atoms in total. The molecule has 5 heteroatoms. The summed E-state index contributed by atoms with van der Waals surface area (Å²) in [6.45, 7) is 0. The van der Waals surface area contributed by atoms with Crippen LogP contribution in [0.15, 0.2) is 18.2 Å². The maximum Gasteiger partial charge on any atom is 0.267 e. The Morgan fingerprint density at radius 1 is 1.31 bits per heavy atom. The highest BCUT2D eigenvalue weighted by Gasteiger charge is 2.09. The molecule has 0 saturated heterocycles. The molecule has 13 heavy (non-hydrogen) atoms. The van der Waals surface area contributed by atoms with Gasteiger partial charge in [-0.25, -0.2) is 5.84 Å². The standard InChI is InChI=1S/C8H8Cl2N2O/c1-12(11)8(13)5-2-6(9)4-7(10)3-5/h2-4H,11H2,1H3. The predicted octanol–water partition coefficient (Wildman–Crippen LogP) is 1.94. The molecule has 0 aliphatic carbocycles. The Kier molecular flexibility index (Phi) is 3.14. The summed E-state index contributed by atoms with van der Waals surface area (Å²) < 4.78 is 0. The topological polar surface area (TPSA) is 46.3 Å². The second kappa shape index (κ2) is 3.96. The van der Waals surface area contributed by atoms with Crippen molar-refractivity contribution in [3.8, 4) is 0 Å². The highest BCUT2D eigenvalue weighted by atomic mass is 35.5. The fourth-order valence-corrected chi connectivity index (χ4v) is 1.41. The summed E-state index contributed by atoms with van der Waals surface area (Å²) in [7, 11) is 1.46. The molecule has 0 aliphatic rings. The second-order valence-electron chi connectivity index (χ2n) is 2.57. The van der Waals surface area contributed by atoms with Crippen LogP contribution in [0.5, 0.6) is 0 Å². The van der Waals surface area contributed by atoms with Crippen molar-refractivity contribution in [2.24, 2.45) is 5.84 Å². The van der Waals surface area contributed by atoms with Crippen molar-refractivity contribution >= 4 is 29.1 Å². The lowest BCUT2D eigenvalue weighted by molar-refractivity contribution is 0.0795. The van der Waals surface area contributed by atoms with Crippen LogP contribution in [0.3, 0.4) is 0 Å². The Hall–Kier alpha value is -0.770. The Bertz CT molecular complexity index is 319. The summed E-state index contributed by atoms with van der Waals surface area (Å²) in [5, 5.41) is 1.80. The van der Waals surface area contributed by atoms with E-state index in [0.29, 0.717) is 15.6 Å². The molecule has 0 heterocycles. The maximum atomic E-state index is 11.3. The fraction of sp³-hybridized carbons (Fsp3) is 0.125. The monoisotopic (exact) mass is 218 g/mol. The van der Waals surface area contributed by atoms with Gasteiger partial charge in [0.05, 0.1) is 0 Å². The maximum absolute atomic E-state index is 11.3. The third-order valence-corrected chi connectivity index (χ3v) is 1.87. The average molecular weight is 219 g/mol. The molecule has 0 spiro atoms. The Morgan fingerprint density at radius 2 is 1.77 bits per heavy atom. The van der Waals surface area contributed by atoms with E-state index in [1.807, 2.05) is 0 Å². The van der Waals surface area contributed by atoms with Gasteiger partial charge in [0.25, 0.3) is 5.91 Å². The quantitative estimate of drug-likeness (QED) is 0.445. The lowest BCUT2D eigenvalue weighted by Gasteiger charge is -2.09. The molecule has 1 rings (SSSR count). The summed E-state index contributed by atoms with van der Waals surface area (Å²) >= 11 is 11.4. The number of hydrazine groups is 1. The lowest BCUT2D eigenvalue weighted by Crippen LogP contribution is -2.33. The zero-order valence-electron chi connectivity index (χ0n) is 6.92. The lowest BCUT2D eigenvalue weighted by atomic mass is 10.2. The first kappa shape index (κ1) is 10.3. The average Bonchev–Trinajstić information content (AvgIpc) is 2.01. The Morgan fingerprint density at radius 3 is 2.15 bits per heavy atom. The number of carbonyl (C=O) groups excluding carboxylic acids is 1. The number of benzene rings is 1. The van der Waals surface area contributed by atoms with Gasteiger partial charge in [-0.1, -0.05) is 23.2 Å². The molecule has 1 amide bonds. The van der Waals surface area contributed by atoms with Gasteiger partial charge in [-0.2, -0.15) is 0 Å². The van der Waals surface area contributed by atoms with E-state index in [1.54, 1.807) is 6.07 Å². The van der Waals surface area contributed by atoms with E-state index in [-0.39, 0.29) is 5.91 Å². The molecule has 0 aliphatic heterocycles. The van der Waals surface area contributed by atoms with Gasteiger partial charge in [-0.15, -0.1) is 0 Å². The second-order valence-corrected chi connectivity index (χ2v) is 3.45. The number of hydrogen-bond donors (Lipinski definition) is 1. The Labute approximate surface area is 86.0 Å². The summed E-state index contributed by atoms with van der Waals surface area (Å²) in [6.07, 6.45) is 0. The van der Waals surface area contributed by atoms with Crippen LogP contribution in [0.1, 0.15) is 10.4 Å². The first-order chi connectivity index (χ1) is 6.00. The van der Waals surface area contributed by atoms with Crippen molar-refractivity contribution in [1.82, 2.24) is 5.01 Å². The van der Waals surface area contributed by atoms with Crippen molar-refractivity contribution < 1.29 is 4.79 Å². The number of hydrogen-bond acceptors (Lipinski definition) is 2. The van der Waals surface area contributed by atoms with Gasteiger partial charge in [-0.3, -0.25) is 9.80 Å². The molecule has 0 radical (unpaired) electrons. The highest BCUT2D eigenvalue weighted by molar-refractivity contribution is 6.35. The molecular formula is C8H8Cl2N2O. The van der Waals surface area contributed by atoms with Crippen molar-refractivity contribution in [1.29, 1.82) is 0 Å². The number of nitrogens with zero attached hydrogens (tertiary/aromatic N) is 1.